The van der Waals surface area contributed by atoms with Gasteiger partial charge in [0.15, 0.2) is 5.69 Å². The molecule has 0 saturated carbocycles. The van der Waals surface area contributed by atoms with Gasteiger partial charge in [0.05, 0.1) is 5.69 Å². The van der Waals surface area contributed by atoms with E-state index < -0.39 is 0 Å². The van der Waals surface area contributed by atoms with Crippen LogP contribution in [0.2, 0.25) is 0 Å². The maximum Gasteiger partial charge on any atom is 0.296 e. The third kappa shape index (κ3) is 3.39. The fraction of sp³-hybridized carbons (Fsp3) is 0.179. The number of hydrogen-bond donors (Lipinski definition) is 0. The first-order valence-corrected chi connectivity index (χ1v) is 11.5. The number of para-hydroxylation sites is 2. The van der Waals surface area contributed by atoms with Crippen LogP contribution in [0.4, 0.5) is 5.69 Å². The summed E-state index contributed by atoms with van der Waals surface area (Å²) in [4.78, 5) is 29.5. The van der Waals surface area contributed by atoms with Gasteiger partial charge in [0.1, 0.15) is 5.52 Å². The van der Waals surface area contributed by atoms with Crippen LogP contribution in [-0.2, 0) is 6.54 Å². The largest absolute Gasteiger partial charge is 0.336 e. The van der Waals surface area contributed by atoms with Crippen molar-refractivity contribution in [2.75, 3.05) is 11.4 Å². The number of benzene rings is 3. The highest BCUT2D eigenvalue weighted by Gasteiger charge is 2.27. The van der Waals surface area contributed by atoms with E-state index in [4.69, 9.17) is 5.10 Å². The third-order valence-corrected chi connectivity index (χ3v) is 6.23. The van der Waals surface area contributed by atoms with Crippen molar-refractivity contribution in [3.63, 3.8) is 0 Å². The smallest absolute Gasteiger partial charge is 0.296 e. The number of aromatic nitrogens is 3. The summed E-state index contributed by atoms with van der Waals surface area (Å²) in [5.41, 5.74) is 3.93. The molecule has 0 unspecified atom stereocenters. The van der Waals surface area contributed by atoms with Crippen LogP contribution in [0.15, 0.2) is 83.7 Å². The molecule has 0 bridgehead atoms. The molecule has 0 aliphatic rings. The van der Waals surface area contributed by atoms with Crippen LogP contribution in [0, 0.1) is 6.92 Å². The molecule has 2 aromatic heterocycles. The van der Waals surface area contributed by atoms with Crippen molar-refractivity contribution in [1.29, 1.82) is 0 Å². The molecule has 0 aliphatic carbocycles. The lowest BCUT2D eigenvalue weighted by Crippen LogP contribution is -2.34. The van der Waals surface area contributed by atoms with Gasteiger partial charge in [0.25, 0.3) is 11.5 Å². The quantitative estimate of drug-likeness (QED) is 0.363. The lowest BCUT2D eigenvalue weighted by molar-refractivity contribution is 0.0983. The molecule has 170 valence electrons. The van der Waals surface area contributed by atoms with Crippen LogP contribution >= 0.6 is 0 Å². The Morgan fingerprint density at radius 1 is 0.912 bits per heavy atom. The highest BCUT2D eigenvalue weighted by Crippen LogP contribution is 2.30. The molecule has 1 amide bonds. The number of fused-ring (bicyclic) bond motifs is 3. The van der Waals surface area contributed by atoms with Crippen molar-refractivity contribution in [3.8, 4) is 5.69 Å². The van der Waals surface area contributed by atoms with Gasteiger partial charge in [-0.05, 0) is 51.1 Å². The van der Waals surface area contributed by atoms with Gasteiger partial charge in [0.2, 0.25) is 0 Å². The second-order valence-corrected chi connectivity index (χ2v) is 8.27. The molecule has 0 N–H and O–H groups in total. The summed E-state index contributed by atoms with van der Waals surface area (Å²) in [6.07, 6.45) is 0. The predicted molar refractivity (Wildman–Crippen MR) is 137 cm³/mol. The molecule has 0 aliphatic heterocycles. The second kappa shape index (κ2) is 8.63. The Balaban J connectivity index is 1.88. The first kappa shape index (κ1) is 21.6. The summed E-state index contributed by atoms with van der Waals surface area (Å²) in [6, 6.07) is 25.0. The van der Waals surface area contributed by atoms with Crippen molar-refractivity contribution in [1.82, 2.24) is 14.3 Å². The Kier molecular flexibility index (Phi) is 5.49. The zero-order chi connectivity index (χ0) is 23.8. The summed E-state index contributed by atoms with van der Waals surface area (Å²) < 4.78 is 3.34. The number of anilines is 1. The van der Waals surface area contributed by atoms with E-state index in [-0.39, 0.29) is 17.2 Å². The normalized spacial score (nSPS) is 11.3. The summed E-state index contributed by atoms with van der Waals surface area (Å²) in [5.74, 6) is -0.237. The van der Waals surface area contributed by atoms with E-state index in [1.54, 1.807) is 4.90 Å². The third-order valence-electron chi connectivity index (χ3n) is 6.23. The molecule has 6 heteroatoms. The van der Waals surface area contributed by atoms with Crippen LogP contribution in [0.25, 0.3) is 27.5 Å². The van der Waals surface area contributed by atoms with Crippen LogP contribution in [-0.4, -0.2) is 26.8 Å². The zero-order valence-electron chi connectivity index (χ0n) is 19.5. The van der Waals surface area contributed by atoms with Crippen LogP contribution in [0.5, 0.6) is 0 Å². The van der Waals surface area contributed by atoms with Crippen LogP contribution in [0.1, 0.15) is 29.9 Å². The molecule has 5 rings (SSSR count). The fourth-order valence-corrected chi connectivity index (χ4v) is 4.58. The van der Waals surface area contributed by atoms with Gasteiger partial charge in [-0.1, -0.05) is 54.1 Å². The van der Waals surface area contributed by atoms with Crippen LogP contribution < -0.4 is 10.5 Å². The molecular formula is C28H26N4O2. The Hall–Kier alpha value is -4.19. The summed E-state index contributed by atoms with van der Waals surface area (Å²) in [6.45, 7) is 7.01. The number of hydrogen-bond acceptors (Lipinski definition) is 3. The molecule has 6 nitrogen and oxygen atoms in total. The molecule has 0 saturated heterocycles. The number of amides is 1. The van der Waals surface area contributed by atoms with E-state index in [1.165, 1.54) is 4.68 Å². The summed E-state index contributed by atoms with van der Waals surface area (Å²) in [5, 5.41) is 6.15. The Bertz CT molecular complexity index is 1560. The van der Waals surface area contributed by atoms with E-state index in [0.717, 1.165) is 22.2 Å². The first-order valence-electron chi connectivity index (χ1n) is 11.5. The van der Waals surface area contributed by atoms with E-state index in [0.29, 0.717) is 29.7 Å². The second-order valence-electron chi connectivity index (χ2n) is 8.27. The van der Waals surface area contributed by atoms with E-state index in [9.17, 15) is 9.59 Å². The van der Waals surface area contributed by atoms with Gasteiger partial charge in [-0.2, -0.15) is 9.78 Å². The van der Waals surface area contributed by atoms with Crippen molar-refractivity contribution in [2.45, 2.75) is 27.3 Å². The lowest BCUT2D eigenvalue weighted by atomic mass is 10.1. The minimum absolute atomic E-state index is 0.237. The minimum atomic E-state index is -0.240. The lowest BCUT2D eigenvalue weighted by Gasteiger charge is -2.21. The molecular weight excluding hydrogens is 424 g/mol. The Labute approximate surface area is 197 Å². The highest BCUT2D eigenvalue weighted by atomic mass is 16.2. The van der Waals surface area contributed by atoms with Crippen molar-refractivity contribution in [2.24, 2.45) is 0 Å². The number of carbonyl (C=O) groups excluding carboxylic acids is 1. The Morgan fingerprint density at radius 2 is 1.59 bits per heavy atom. The van der Waals surface area contributed by atoms with Gasteiger partial charge >= 0.3 is 0 Å². The number of nitrogens with zero attached hydrogens (tertiary/aromatic N) is 4. The maximum atomic E-state index is 14.0. The van der Waals surface area contributed by atoms with E-state index in [2.05, 4.69) is 0 Å². The van der Waals surface area contributed by atoms with Gasteiger partial charge in [0, 0.05) is 35.1 Å². The molecule has 0 spiro atoms. The minimum Gasteiger partial charge on any atom is -0.336 e. The Morgan fingerprint density at radius 3 is 2.26 bits per heavy atom. The van der Waals surface area contributed by atoms with Gasteiger partial charge < -0.3 is 9.47 Å². The van der Waals surface area contributed by atoms with Crippen molar-refractivity contribution in [3.05, 3.63) is 100 Å². The van der Waals surface area contributed by atoms with Gasteiger partial charge in [-0.3, -0.25) is 9.59 Å². The van der Waals surface area contributed by atoms with Crippen molar-refractivity contribution < 1.29 is 4.79 Å². The average molecular weight is 451 g/mol. The average Bonchev–Trinajstić information content (AvgIpc) is 3.21. The van der Waals surface area contributed by atoms with Crippen molar-refractivity contribution >= 4 is 33.4 Å². The molecule has 0 fully saturated rings. The molecule has 0 atom stereocenters. The predicted octanol–water partition coefficient (Wildman–Crippen LogP) is 5.34. The topological polar surface area (TPSA) is 60.1 Å². The monoisotopic (exact) mass is 450 g/mol. The maximum absolute atomic E-state index is 14.0. The zero-order valence-corrected chi connectivity index (χ0v) is 19.5. The molecule has 34 heavy (non-hydrogen) atoms. The van der Waals surface area contributed by atoms with Gasteiger partial charge in [-0.25, -0.2) is 0 Å². The number of rotatable bonds is 5. The fourth-order valence-electron chi connectivity index (χ4n) is 4.58. The number of carbonyl (C=O) groups is 1. The first-order chi connectivity index (χ1) is 16.5. The molecule has 3 aromatic carbocycles. The molecule has 5 aromatic rings. The van der Waals surface area contributed by atoms with Crippen LogP contribution in [0.3, 0.4) is 0 Å². The highest BCUT2D eigenvalue weighted by molar-refractivity contribution is 6.20. The standard InChI is InChI=1S/C28H26N4O2/c1-4-30(20-11-7-6-8-12-20)27(33)25-24-22-13-9-10-14-23(22)31(5-2)26(24)28(34)32(29-25)21-17-15-19(3)16-18-21/h6-18H,4-5H2,1-3H3. The summed E-state index contributed by atoms with van der Waals surface area (Å²) in [7, 11) is 0. The molecule has 2 heterocycles. The van der Waals surface area contributed by atoms with Gasteiger partial charge in [-0.15, -0.1) is 0 Å². The van der Waals surface area contributed by atoms with E-state index >= 15 is 0 Å². The number of aryl methyl sites for hydroxylation is 2. The summed E-state index contributed by atoms with van der Waals surface area (Å²) >= 11 is 0. The molecule has 0 radical (unpaired) electrons. The van der Waals surface area contributed by atoms with E-state index in [1.807, 2.05) is 104 Å². The SMILES string of the molecule is CCN(C(=O)c1nn(-c2ccc(C)cc2)c(=O)c2c1c1ccccc1n2CC)c1ccccc1.